The van der Waals surface area contributed by atoms with E-state index in [4.69, 9.17) is 11.5 Å². The van der Waals surface area contributed by atoms with Crippen molar-refractivity contribution in [1.29, 1.82) is 0 Å². The van der Waals surface area contributed by atoms with Crippen molar-refractivity contribution in [3.63, 3.8) is 0 Å². The second-order valence-electron chi connectivity index (χ2n) is 4.64. The van der Waals surface area contributed by atoms with Gasteiger partial charge in [0.1, 0.15) is 0 Å². The quantitative estimate of drug-likeness (QED) is 0.746. The lowest BCUT2D eigenvalue weighted by Gasteiger charge is -2.06. The number of carbonyl (C=O) groups excluding carboxylic acids is 1. The zero-order valence-electron chi connectivity index (χ0n) is 10.2. The van der Waals surface area contributed by atoms with Gasteiger partial charge in [-0.3, -0.25) is 4.79 Å². The Kier molecular flexibility index (Phi) is 2.87. The highest BCUT2D eigenvalue weighted by molar-refractivity contribution is 7.13. The largest absolute Gasteiger partial charge is 0.398 e. The van der Waals surface area contributed by atoms with E-state index in [2.05, 4.69) is 15.7 Å². The van der Waals surface area contributed by atoms with E-state index in [-0.39, 0.29) is 0 Å². The molecular weight excluding hydrogens is 260 g/mol. The number of thiazole rings is 1. The first-order valence-corrected chi connectivity index (χ1v) is 6.93. The van der Waals surface area contributed by atoms with Gasteiger partial charge in [0, 0.05) is 22.7 Å². The molecule has 1 fully saturated rings. The molecule has 0 bridgehead atoms. The molecule has 6 heteroatoms. The summed E-state index contributed by atoms with van der Waals surface area (Å²) in [5.74, 6) is 0.110. The molecule has 1 saturated carbocycles. The highest BCUT2D eigenvalue weighted by Gasteiger charge is 2.26. The number of nitrogens with zero attached hydrogens (tertiary/aromatic N) is 1. The van der Waals surface area contributed by atoms with Crippen molar-refractivity contribution in [2.45, 2.75) is 18.8 Å². The van der Waals surface area contributed by atoms with E-state index < -0.39 is 5.91 Å². The maximum absolute atomic E-state index is 11.2. The summed E-state index contributed by atoms with van der Waals surface area (Å²) in [6, 6.07) is 5.12. The molecule has 3 rings (SSSR count). The highest BCUT2D eigenvalue weighted by Crippen LogP contribution is 2.41. The first kappa shape index (κ1) is 12.0. The van der Waals surface area contributed by atoms with Crippen LogP contribution in [0.3, 0.4) is 0 Å². The van der Waals surface area contributed by atoms with Gasteiger partial charge >= 0.3 is 0 Å². The van der Waals surface area contributed by atoms with Gasteiger partial charge in [-0.15, -0.1) is 11.3 Å². The van der Waals surface area contributed by atoms with Crippen LogP contribution in [-0.4, -0.2) is 10.9 Å². The minimum absolute atomic E-state index is 0.323. The van der Waals surface area contributed by atoms with Gasteiger partial charge in [0.2, 0.25) is 0 Å². The minimum atomic E-state index is -0.529. The lowest BCUT2D eigenvalue weighted by Crippen LogP contribution is -2.13. The predicted molar refractivity (Wildman–Crippen MR) is 76.7 cm³/mol. The predicted octanol–water partition coefficient (Wildman–Crippen LogP) is 2.45. The number of aromatic nitrogens is 1. The summed E-state index contributed by atoms with van der Waals surface area (Å²) in [5.41, 5.74) is 13.6. The van der Waals surface area contributed by atoms with Crippen LogP contribution in [-0.2, 0) is 0 Å². The Labute approximate surface area is 114 Å². The molecule has 19 heavy (non-hydrogen) atoms. The number of amides is 1. The van der Waals surface area contributed by atoms with E-state index in [1.165, 1.54) is 12.8 Å². The number of primary amides is 1. The van der Waals surface area contributed by atoms with Gasteiger partial charge in [-0.1, -0.05) is 0 Å². The van der Waals surface area contributed by atoms with E-state index in [0.717, 1.165) is 16.5 Å². The van der Waals surface area contributed by atoms with E-state index >= 15 is 0 Å². The molecular formula is C13H14N4OS. The standard InChI is InChI=1S/C13H14N4OS/c14-10-4-3-8(5-9(10)12(15)18)16-13-17-11(6-19-13)7-1-2-7/h3-7H,1-2,14H2,(H2,15,18)(H,16,17). The lowest BCUT2D eigenvalue weighted by atomic mass is 10.1. The summed E-state index contributed by atoms with van der Waals surface area (Å²) in [6.07, 6.45) is 2.47. The number of anilines is 3. The summed E-state index contributed by atoms with van der Waals surface area (Å²) in [4.78, 5) is 15.8. The fourth-order valence-electron chi connectivity index (χ4n) is 1.88. The van der Waals surface area contributed by atoms with Crippen LogP contribution in [0.1, 0.15) is 34.8 Å². The average molecular weight is 274 g/mol. The third kappa shape index (κ3) is 2.53. The van der Waals surface area contributed by atoms with Crippen LogP contribution in [0.5, 0.6) is 0 Å². The number of nitrogens with one attached hydrogen (secondary N) is 1. The fourth-order valence-corrected chi connectivity index (χ4v) is 2.69. The van der Waals surface area contributed by atoms with Crippen molar-refractivity contribution in [1.82, 2.24) is 4.98 Å². The van der Waals surface area contributed by atoms with Crippen LogP contribution in [0.25, 0.3) is 0 Å². The molecule has 1 aromatic heterocycles. The van der Waals surface area contributed by atoms with Gasteiger partial charge < -0.3 is 16.8 Å². The number of hydrogen-bond acceptors (Lipinski definition) is 5. The molecule has 0 atom stereocenters. The fraction of sp³-hybridized carbons (Fsp3) is 0.231. The molecule has 1 aromatic carbocycles. The highest BCUT2D eigenvalue weighted by atomic mass is 32.1. The molecule has 0 unspecified atom stereocenters. The lowest BCUT2D eigenvalue weighted by molar-refractivity contribution is 0.100. The van der Waals surface area contributed by atoms with Crippen LogP contribution < -0.4 is 16.8 Å². The molecule has 0 saturated heterocycles. The SMILES string of the molecule is NC(=O)c1cc(Nc2nc(C3CC3)cs2)ccc1N. The Morgan fingerprint density at radius 1 is 1.42 bits per heavy atom. The van der Waals surface area contributed by atoms with Gasteiger partial charge in [0.15, 0.2) is 5.13 Å². The number of nitrogen functional groups attached to an aromatic ring is 1. The second-order valence-corrected chi connectivity index (χ2v) is 5.50. The van der Waals surface area contributed by atoms with Crippen molar-refractivity contribution in [2.24, 2.45) is 5.73 Å². The van der Waals surface area contributed by atoms with Crippen LogP contribution in [0.2, 0.25) is 0 Å². The van der Waals surface area contributed by atoms with Crippen molar-refractivity contribution in [3.05, 3.63) is 34.8 Å². The van der Waals surface area contributed by atoms with Crippen LogP contribution >= 0.6 is 11.3 Å². The molecule has 5 N–H and O–H groups in total. The van der Waals surface area contributed by atoms with Crippen LogP contribution in [0.4, 0.5) is 16.5 Å². The molecule has 0 aliphatic heterocycles. The third-order valence-corrected chi connectivity index (χ3v) is 3.86. The van der Waals surface area contributed by atoms with Gasteiger partial charge in [0.25, 0.3) is 5.91 Å². The molecule has 2 aromatic rings. The number of hydrogen-bond donors (Lipinski definition) is 3. The normalized spacial score (nSPS) is 14.3. The molecule has 5 nitrogen and oxygen atoms in total. The maximum atomic E-state index is 11.2. The van der Waals surface area contributed by atoms with E-state index in [9.17, 15) is 4.79 Å². The zero-order valence-corrected chi connectivity index (χ0v) is 11.0. The van der Waals surface area contributed by atoms with Gasteiger partial charge in [-0.25, -0.2) is 4.98 Å². The first-order chi connectivity index (χ1) is 9.13. The summed E-state index contributed by atoms with van der Waals surface area (Å²) in [5, 5.41) is 6.07. The van der Waals surface area contributed by atoms with Crippen LogP contribution in [0, 0.1) is 0 Å². The number of rotatable bonds is 4. The summed E-state index contributed by atoms with van der Waals surface area (Å²) < 4.78 is 0. The third-order valence-electron chi connectivity index (χ3n) is 3.09. The van der Waals surface area contributed by atoms with Crippen molar-refractivity contribution in [2.75, 3.05) is 11.1 Å². The van der Waals surface area contributed by atoms with Gasteiger partial charge in [-0.2, -0.15) is 0 Å². The number of benzene rings is 1. The molecule has 0 radical (unpaired) electrons. The monoisotopic (exact) mass is 274 g/mol. The molecule has 98 valence electrons. The Morgan fingerprint density at radius 2 is 2.21 bits per heavy atom. The second kappa shape index (κ2) is 4.55. The zero-order chi connectivity index (χ0) is 13.4. The van der Waals surface area contributed by atoms with E-state index in [1.54, 1.807) is 29.5 Å². The molecule has 1 aliphatic rings. The summed E-state index contributed by atoms with van der Waals surface area (Å²) >= 11 is 1.56. The minimum Gasteiger partial charge on any atom is -0.398 e. The van der Waals surface area contributed by atoms with Crippen molar-refractivity contribution >= 4 is 33.8 Å². The van der Waals surface area contributed by atoms with Crippen LogP contribution in [0.15, 0.2) is 23.6 Å². The van der Waals surface area contributed by atoms with E-state index in [0.29, 0.717) is 17.2 Å². The molecule has 1 amide bonds. The Bertz CT molecular complexity index is 633. The average Bonchev–Trinajstić information content (AvgIpc) is 3.12. The summed E-state index contributed by atoms with van der Waals surface area (Å²) in [6.45, 7) is 0. The van der Waals surface area contributed by atoms with Gasteiger partial charge in [-0.05, 0) is 31.0 Å². The first-order valence-electron chi connectivity index (χ1n) is 6.05. The maximum Gasteiger partial charge on any atom is 0.250 e. The molecule has 1 aliphatic carbocycles. The van der Waals surface area contributed by atoms with Crippen molar-refractivity contribution < 1.29 is 4.79 Å². The van der Waals surface area contributed by atoms with Crippen molar-refractivity contribution in [3.8, 4) is 0 Å². The number of carbonyl (C=O) groups is 1. The molecule has 0 spiro atoms. The van der Waals surface area contributed by atoms with E-state index in [1.807, 2.05) is 0 Å². The van der Waals surface area contributed by atoms with Gasteiger partial charge in [0.05, 0.1) is 11.3 Å². The Hall–Kier alpha value is -2.08. The topological polar surface area (TPSA) is 94.0 Å². The Morgan fingerprint density at radius 3 is 2.89 bits per heavy atom. The number of nitrogens with two attached hydrogens (primary N) is 2. The smallest absolute Gasteiger partial charge is 0.250 e. The molecule has 1 heterocycles. The Balaban J connectivity index is 1.81. The summed E-state index contributed by atoms with van der Waals surface area (Å²) in [7, 11) is 0.